The van der Waals surface area contributed by atoms with E-state index in [1.807, 2.05) is 25.2 Å². The Morgan fingerprint density at radius 3 is 2.59 bits per heavy atom. The molecule has 1 aromatic carbocycles. The fourth-order valence-corrected chi connectivity index (χ4v) is 1.91. The molecule has 1 unspecified atom stereocenters. The van der Waals surface area contributed by atoms with Crippen molar-refractivity contribution in [3.05, 3.63) is 35.9 Å². The van der Waals surface area contributed by atoms with Gasteiger partial charge in [-0.05, 0) is 12.6 Å². The van der Waals surface area contributed by atoms with Gasteiger partial charge in [0.25, 0.3) is 0 Å². The molecule has 2 N–H and O–H groups in total. The van der Waals surface area contributed by atoms with Crippen LogP contribution in [0.5, 0.6) is 0 Å². The van der Waals surface area contributed by atoms with Gasteiger partial charge in [-0.3, -0.25) is 0 Å². The highest BCUT2D eigenvalue weighted by atomic mass is 32.1. The summed E-state index contributed by atoms with van der Waals surface area (Å²) in [6.07, 6.45) is 0. The van der Waals surface area contributed by atoms with E-state index in [9.17, 15) is 0 Å². The zero-order valence-electron chi connectivity index (χ0n) is 10.4. The minimum absolute atomic E-state index is 0.105. The van der Waals surface area contributed by atoms with Gasteiger partial charge in [0.1, 0.15) is 0 Å². The molecule has 0 radical (unpaired) electrons. The predicted octanol–water partition coefficient (Wildman–Crippen LogP) is 1.63. The molecule has 1 rings (SSSR count). The van der Waals surface area contributed by atoms with Gasteiger partial charge in [-0.25, -0.2) is 0 Å². The molecule has 0 saturated heterocycles. The van der Waals surface area contributed by atoms with Crippen molar-refractivity contribution in [1.29, 1.82) is 0 Å². The van der Waals surface area contributed by atoms with Crippen molar-refractivity contribution in [3.63, 3.8) is 0 Å². The first-order valence-electron chi connectivity index (χ1n) is 5.67. The van der Waals surface area contributed by atoms with Crippen LogP contribution < -0.4 is 5.73 Å². The average Bonchev–Trinajstić information content (AvgIpc) is 2.34. The summed E-state index contributed by atoms with van der Waals surface area (Å²) in [6, 6.07) is 10.1. The molecule has 0 saturated carbocycles. The first-order chi connectivity index (χ1) is 8.15. The van der Waals surface area contributed by atoms with Crippen LogP contribution >= 0.6 is 12.2 Å². The Morgan fingerprint density at radius 2 is 2.06 bits per heavy atom. The lowest BCUT2D eigenvalue weighted by atomic mass is 9.99. The van der Waals surface area contributed by atoms with Gasteiger partial charge in [0.05, 0.1) is 11.6 Å². The van der Waals surface area contributed by atoms with Crippen molar-refractivity contribution in [2.24, 2.45) is 5.73 Å². The van der Waals surface area contributed by atoms with Gasteiger partial charge in [0, 0.05) is 26.1 Å². The van der Waals surface area contributed by atoms with Gasteiger partial charge in [0.2, 0.25) is 0 Å². The molecule has 0 amide bonds. The summed E-state index contributed by atoms with van der Waals surface area (Å²) in [4.78, 5) is 2.72. The van der Waals surface area contributed by atoms with E-state index in [4.69, 9.17) is 22.7 Å². The fraction of sp³-hybridized carbons (Fsp3) is 0.462. The maximum atomic E-state index is 5.82. The van der Waals surface area contributed by atoms with Gasteiger partial charge in [-0.1, -0.05) is 42.5 Å². The largest absolute Gasteiger partial charge is 0.393 e. The summed E-state index contributed by atoms with van der Waals surface area (Å²) in [7, 11) is 3.75. The molecular weight excluding hydrogens is 232 g/mol. The Bertz CT molecular complexity index is 343. The van der Waals surface area contributed by atoms with Gasteiger partial charge in [0.15, 0.2) is 0 Å². The van der Waals surface area contributed by atoms with Crippen LogP contribution in [0.3, 0.4) is 0 Å². The van der Waals surface area contributed by atoms with Gasteiger partial charge in [-0.2, -0.15) is 0 Å². The zero-order valence-corrected chi connectivity index (χ0v) is 11.2. The van der Waals surface area contributed by atoms with Crippen LogP contribution in [-0.4, -0.2) is 43.7 Å². The third kappa shape index (κ3) is 4.81. The monoisotopic (exact) mass is 252 g/mol. The van der Waals surface area contributed by atoms with Crippen LogP contribution in [0.15, 0.2) is 30.3 Å². The van der Waals surface area contributed by atoms with E-state index in [-0.39, 0.29) is 5.92 Å². The van der Waals surface area contributed by atoms with Crippen LogP contribution in [0, 0.1) is 0 Å². The molecule has 0 aliphatic carbocycles. The highest BCUT2D eigenvalue weighted by molar-refractivity contribution is 7.80. The van der Waals surface area contributed by atoms with Gasteiger partial charge in [-0.15, -0.1) is 0 Å². The molecule has 0 aliphatic heterocycles. The average molecular weight is 252 g/mol. The molecule has 1 aromatic rings. The second-order valence-corrected chi connectivity index (χ2v) is 4.59. The molecule has 0 heterocycles. The number of likely N-dealkylation sites (N-methyl/N-ethyl adjacent to an activating group) is 1. The number of thiocarbonyl (C=S) groups is 1. The van der Waals surface area contributed by atoms with Crippen molar-refractivity contribution in [3.8, 4) is 0 Å². The van der Waals surface area contributed by atoms with Crippen molar-refractivity contribution in [2.45, 2.75) is 5.92 Å². The Labute approximate surface area is 109 Å². The zero-order chi connectivity index (χ0) is 12.7. The third-order valence-electron chi connectivity index (χ3n) is 2.72. The topological polar surface area (TPSA) is 38.5 Å². The number of rotatable bonds is 7. The molecular formula is C13H20N2OS. The third-order valence-corrected chi connectivity index (χ3v) is 3.00. The minimum atomic E-state index is 0.105. The van der Waals surface area contributed by atoms with Gasteiger partial charge < -0.3 is 15.4 Å². The van der Waals surface area contributed by atoms with Gasteiger partial charge >= 0.3 is 0 Å². The summed E-state index contributed by atoms with van der Waals surface area (Å²) in [5, 5.41) is 0. The van der Waals surface area contributed by atoms with Crippen molar-refractivity contribution in [2.75, 3.05) is 33.9 Å². The molecule has 94 valence electrons. The van der Waals surface area contributed by atoms with Crippen molar-refractivity contribution >= 4 is 17.2 Å². The van der Waals surface area contributed by atoms with Crippen LogP contribution in [0.1, 0.15) is 11.5 Å². The maximum Gasteiger partial charge on any atom is 0.0816 e. The Balaban J connectivity index is 2.65. The van der Waals surface area contributed by atoms with E-state index >= 15 is 0 Å². The number of nitrogens with zero attached hydrogens (tertiary/aromatic N) is 1. The smallest absolute Gasteiger partial charge is 0.0816 e. The number of nitrogens with two attached hydrogens (primary N) is 1. The molecule has 0 spiro atoms. The number of benzene rings is 1. The number of hydrogen-bond acceptors (Lipinski definition) is 3. The molecule has 0 aromatic heterocycles. The van der Waals surface area contributed by atoms with E-state index in [0.29, 0.717) is 4.99 Å². The summed E-state index contributed by atoms with van der Waals surface area (Å²) in [5.74, 6) is 0.105. The minimum Gasteiger partial charge on any atom is -0.393 e. The van der Waals surface area contributed by atoms with Crippen LogP contribution in [0.2, 0.25) is 0 Å². The molecule has 0 fully saturated rings. The lowest BCUT2D eigenvalue weighted by molar-refractivity contribution is 0.161. The molecule has 0 aliphatic rings. The number of methoxy groups -OCH3 is 1. The first kappa shape index (κ1) is 14.1. The van der Waals surface area contributed by atoms with Crippen LogP contribution in [0.25, 0.3) is 0 Å². The lowest BCUT2D eigenvalue weighted by Gasteiger charge is -2.23. The second-order valence-electron chi connectivity index (χ2n) is 4.12. The summed E-state index contributed by atoms with van der Waals surface area (Å²) < 4.78 is 5.05. The normalized spacial score (nSPS) is 12.6. The fourth-order valence-electron chi connectivity index (χ4n) is 1.70. The molecule has 1 atom stereocenters. The number of ether oxygens (including phenoxy) is 1. The summed E-state index contributed by atoms with van der Waals surface area (Å²) >= 11 is 5.15. The molecule has 0 bridgehead atoms. The maximum absolute atomic E-state index is 5.82. The quantitative estimate of drug-likeness (QED) is 0.749. The van der Waals surface area contributed by atoms with E-state index in [2.05, 4.69) is 17.0 Å². The summed E-state index contributed by atoms with van der Waals surface area (Å²) in [6.45, 7) is 2.42. The van der Waals surface area contributed by atoms with E-state index < -0.39 is 0 Å². The van der Waals surface area contributed by atoms with Crippen molar-refractivity contribution in [1.82, 2.24) is 4.90 Å². The lowest BCUT2D eigenvalue weighted by Crippen LogP contribution is -2.33. The second kappa shape index (κ2) is 7.37. The van der Waals surface area contributed by atoms with E-state index in [0.717, 1.165) is 19.7 Å². The van der Waals surface area contributed by atoms with Crippen LogP contribution in [-0.2, 0) is 4.74 Å². The highest BCUT2D eigenvalue weighted by Gasteiger charge is 2.16. The SMILES string of the molecule is COCCN(C)CC(C(N)=S)c1ccccc1. The summed E-state index contributed by atoms with van der Waals surface area (Å²) in [5.41, 5.74) is 6.99. The predicted molar refractivity (Wildman–Crippen MR) is 75.3 cm³/mol. The Kier molecular flexibility index (Phi) is 6.11. The molecule has 4 heteroatoms. The molecule has 17 heavy (non-hydrogen) atoms. The highest BCUT2D eigenvalue weighted by Crippen LogP contribution is 2.16. The Morgan fingerprint density at radius 1 is 1.41 bits per heavy atom. The number of hydrogen-bond donors (Lipinski definition) is 1. The first-order valence-corrected chi connectivity index (χ1v) is 6.07. The Hall–Kier alpha value is -0.970. The molecule has 3 nitrogen and oxygen atoms in total. The standard InChI is InChI=1S/C13H20N2OS/c1-15(8-9-16-2)10-12(13(14)17)11-6-4-3-5-7-11/h3-7,12H,8-10H2,1-2H3,(H2,14,17). The van der Waals surface area contributed by atoms with E-state index in [1.54, 1.807) is 7.11 Å². The van der Waals surface area contributed by atoms with Crippen molar-refractivity contribution < 1.29 is 4.74 Å². The van der Waals surface area contributed by atoms with E-state index in [1.165, 1.54) is 5.56 Å². The van der Waals surface area contributed by atoms with Crippen LogP contribution in [0.4, 0.5) is 0 Å².